The minimum Gasteiger partial charge on any atom is -0.444 e. The van der Waals surface area contributed by atoms with E-state index in [4.69, 9.17) is 4.74 Å². The van der Waals surface area contributed by atoms with Crippen LogP contribution in [-0.2, 0) is 11.2 Å². The predicted octanol–water partition coefficient (Wildman–Crippen LogP) is 9.40. The quantitative estimate of drug-likeness (QED) is 0.165. The molecule has 5 aromatic rings. The van der Waals surface area contributed by atoms with Crippen molar-refractivity contribution in [2.24, 2.45) is 5.92 Å². The van der Waals surface area contributed by atoms with Crippen LogP contribution >= 0.6 is 0 Å². The molecule has 1 saturated carbocycles. The molecule has 4 aromatic carbocycles. The fourth-order valence-electron chi connectivity index (χ4n) is 5.97. The zero-order chi connectivity index (χ0) is 33.8. The lowest BCUT2D eigenvalue weighted by Gasteiger charge is -2.34. The van der Waals surface area contributed by atoms with Crippen LogP contribution < -0.4 is 5.32 Å². The van der Waals surface area contributed by atoms with Crippen molar-refractivity contribution < 1.29 is 14.3 Å². The third kappa shape index (κ3) is 7.85. The molecule has 0 saturated heterocycles. The monoisotopic (exact) mass is 640 g/mol. The van der Waals surface area contributed by atoms with Crippen LogP contribution in [0.3, 0.4) is 0 Å². The molecule has 48 heavy (non-hydrogen) atoms. The molecule has 1 fully saturated rings. The lowest BCUT2D eigenvalue weighted by Crippen LogP contribution is -2.41. The molecule has 1 aliphatic rings. The summed E-state index contributed by atoms with van der Waals surface area (Å²) in [5.41, 5.74) is 7.27. The molecule has 1 N–H and O–H groups in total. The van der Waals surface area contributed by atoms with Crippen LogP contribution in [0.25, 0.3) is 16.8 Å². The third-order valence-electron chi connectivity index (χ3n) is 8.51. The molecule has 6 rings (SSSR count). The summed E-state index contributed by atoms with van der Waals surface area (Å²) in [5.74, 6) is 0.168. The van der Waals surface area contributed by atoms with Gasteiger partial charge in [0, 0.05) is 12.2 Å². The number of anilines is 1. The summed E-state index contributed by atoms with van der Waals surface area (Å²) in [4.78, 5) is 29.5. The first-order valence-corrected chi connectivity index (χ1v) is 16.8. The average Bonchev–Trinajstić information content (AvgIpc) is 3.82. The van der Waals surface area contributed by atoms with Gasteiger partial charge in [-0.15, -0.1) is 0 Å². The number of amides is 2. The molecule has 1 unspecified atom stereocenters. The minimum atomic E-state index is -0.645. The number of aryl methyl sites for hydroxylation is 2. The Kier molecular flexibility index (Phi) is 9.49. The third-order valence-corrected chi connectivity index (χ3v) is 8.51. The maximum atomic E-state index is 13.9. The van der Waals surface area contributed by atoms with Crippen LogP contribution in [0.5, 0.6) is 0 Å². The molecule has 0 aliphatic heterocycles. The van der Waals surface area contributed by atoms with E-state index in [1.807, 2.05) is 87.2 Å². The second kappa shape index (κ2) is 13.9. The summed E-state index contributed by atoms with van der Waals surface area (Å²) in [5, 5.41) is 7.75. The van der Waals surface area contributed by atoms with Crippen molar-refractivity contribution in [3.05, 3.63) is 137 Å². The number of benzene rings is 4. The first-order valence-electron chi connectivity index (χ1n) is 16.8. The summed E-state index contributed by atoms with van der Waals surface area (Å²) < 4.78 is 7.68. The van der Waals surface area contributed by atoms with Crippen LogP contribution in [0, 0.1) is 12.8 Å². The van der Waals surface area contributed by atoms with Gasteiger partial charge in [0.05, 0.1) is 17.4 Å². The van der Waals surface area contributed by atoms with Gasteiger partial charge in [-0.3, -0.25) is 9.69 Å². The van der Waals surface area contributed by atoms with Gasteiger partial charge in [0.25, 0.3) is 5.91 Å². The predicted molar refractivity (Wildman–Crippen MR) is 191 cm³/mol. The fourth-order valence-corrected chi connectivity index (χ4v) is 5.97. The Balaban J connectivity index is 1.35. The maximum Gasteiger partial charge on any atom is 0.411 e. The highest BCUT2D eigenvalue weighted by atomic mass is 16.6. The molecule has 1 aliphatic carbocycles. The molecule has 0 radical (unpaired) electrons. The molecular formula is C41H44N4O3. The van der Waals surface area contributed by atoms with Gasteiger partial charge in [-0.2, -0.15) is 5.10 Å². The van der Waals surface area contributed by atoms with Crippen molar-refractivity contribution >= 4 is 17.7 Å². The van der Waals surface area contributed by atoms with E-state index in [0.717, 1.165) is 52.9 Å². The molecule has 7 nitrogen and oxygen atoms in total. The molecule has 1 aromatic heterocycles. The van der Waals surface area contributed by atoms with E-state index in [2.05, 4.69) is 65.9 Å². The van der Waals surface area contributed by atoms with E-state index in [-0.39, 0.29) is 12.0 Å². The molecular weight excluding hydrogens is 596 g/mol. The second-order valence-electron chi connectivity index (χ2n) is 13.7. The van der Waals surface area contributed by atoms with Gasteiger partial charge in [-0.05, 0) is 111 Å². The Morgan fingerprint density at radius 2 is 1.58 bits per heavy atom. The standard InChI is InChI=1S/C41H44N4O3/c1-6-29-12-10-17-36(25-29)45-37(24-28(2)43-45)39(46)42-35-16-11-15-34(26-35)38(44(27-30-18-19-30)40(47)48-41(3,4)5)33-22-20-32(21-23-33)31-13-8-7-9-14-31/h7-17,20-26,30,38H,6,18-19,27H2,1-5H3,(H,42,46). The number of aromatic nitrogens is 2. The highest BCUT2D eigenvalue weighted by molar-refractivity contribution is 6.03. The lowest BCUT2D eigenvalue weighted by molar-refractivity contribution is 0.0180. The summed E-state index contributed by atoms with van der Waals surface area (Å²) in [7, 11) is 0. The Bertz CT molecular complexity index is 1890. The molecule has 2 amide bonds. The number of carbonyl (C=O) groups excluding carboxylic acids is 2. The number of hydrogen-bond donors (Lipinski definition) is 1. The Morgan fingerprint density at radius 3 is 2.27 bits per heavy atom. The van der Waals surface area contributed by atoms with Gasteiger partial charge in [-0.1, -0.05) is 85.8 Å². The number of carbonyl (C=O) groups is 2. The van der Waals surface area contributed by atoms with Crippen LogP contribution in [0.15, 0.2) is 109 Å². The zero-order valence-electron chi connectivity index (χ0n) is 28.4. The van der Waals surface area contributed by atoms with Crippen molar-refractivity contribution in [1.82, 2.24) is 14.7 Å². The highest BCUT2D eigenvalue weighted by Crippen LogP contribution is 2.38. The van der Waals surface area contributed by atoms with E-state index < -0.39 is 11.6 Å². The first kappa shape index (κ1) is 32.8. The number of rotatable bonds is 10. The number of ether oxygens (including phenoxy) is 1. The number of nitrogens with one attached hydrogen (secondary N) is 1. The van der Waals surface area contributed by atoms with Gasteiger partial charge >= 0.3 is 6.09 Å². The molecule has 246 valence electrons. The fraction of sp³-hybridized carbons (Fsp3) is 0.293. The van der Waals surface area contributed by atoms with Crippen molar-refractivity contribution in [3.63, 3.8) is 0 Å². The van der Waals surface area contributed by atoms with Crippen LogP contribution in [0.1, 0.15) is 79.5 Å². The SMILES string of the molecule is CCc1cccc(-n2nc(C)cc2C(=O)Nc2cccc(C(c3ccc(-c4ccccc4)cc3)N(CC3CC3)C(=O)OC(C)(C)C)c2)c1. The van der Waals surface area contributed by atoms with Gasteiger partial charge in [0.1, 0.15) is 11.3 Å². The lowest BCUT2D eigenvalue weighted by atomic mass is 9.94. The van der Waals surface area contributed by atoms with Crippen LogP contribution in [0.4, 0.5) is 10.5 Å². The van der Waals surface area contributed by atoms with E-state index >= 15 is 0 Å². The van der Waals surface area contributed by atoms with Crippen molar-refractivity contribution in [2.75, 3.05) is 11.9 Å². The molecule has 0 spiro atoms. The van der Waals surface area contributed by atoms with Gasteiger partial charge < -0.3 is 10.1 Å². The molecule has 1 heterocycles. The smallest absolute Gasteiger partial charge is 0.411 e. The van der Waals surface area contributed by atoms with Crippen molar-refractivity contribution in [1.29, 1.82) is 0 Å². The van der Waals surface area contributed by atoms with Gasteiger partial charge in [0.15, 0.2) is 0 Å². The molecule has 0 bridgehead atoms. The summed E-state index contributed by atoms with van der Waals surface area (Å²) in [6, 6.07) is 35.9. The van der Waals surface area contributed by atoms with E-state index in [1.165, 1.54) is 5.56 Å². The van der Waals surface area contributed by atoms with E-state index in [9.17, 15) is 9.59 Å². The summed E-state index contributed by atoms with van der Waals surface area (Å²) >= 11 is 0. The van der Waals surface area contributed by atoms with Crippen molar-refractivity contribution in [2.45, 2.75) is 65.5 Å². The number of hydrogen-bond acceptors (Lipinski definition) is 4. The normalized spacial score (nSPS) is 13.5. The minimum absolute atomic E-state index is 0.264. The van der Waals surface area contributed by atoms with Crippen molar-refractivity contribution in [3.8, 4) is 16.8 Å². The first-order chi connectivity index (χ1) is 23.1. The topological polar surface area (TPSA) is 76.5 Å². The molecule has 1 atom stereocenters. The zero-order valence-corrected chi connectivity index (χ0v) is 28.4. The Labute approximate surface area is 283 Å². The van der Waals surface area contributed by atoms with Gasteiger partial charge in [0.2, 0.25) is 0 Å². The summed E-state index contributed by atoms with van der Waals surface area (Å²) in [6.45, 7) is 10.3. The highest BCUT2D eigenvalue weighted by Gasteiger charge is 2.35. The average molecular weight is 641 g/mol. The molecule has 7 heteroatoms. The van der Waals surface area contributed by atoms with E-state index in [0.29, 0.717) is 23.8 Å². The second-order valence-corrected chi connectivity index (χ2v) is 13.7. The van der Waals surface area contributed by atoms with Crippen LogP contribution in [-0.4, -0.2) is 38.8 Å². The number of nitrogens with zero attached hydrogens (tertiary/aromatic N) is 3. The Morgan fingerprint density at radius 1 is 0.875 bits per heavy atom. The summed E-state index contributed by atoms with van der Waals surface area (Å²) in [6.07, 6.45) is 2.71. The maximum absolute atomic E-state index is 13.9. The largest absolute Gasteiger partial charge is 0.444 e. The van der Waals surface area contributed by atoms with Gasteiger partial charge in [-0.25, -0.2) is 9.48 Å². The Hall–Kier alpha value is -5.17. The van der Waals surface area contributed by atoms with E-state index in [1.54, 1.807) is 10.7 Å². The van der Waals surface area contributed by atoms with Crippen LogP contribution in [0.2, 0.25) is 0 Å².